The van der Waals surface area contributed by atoms with E-state index in [0.717, 1.165) is 34.0 Å². The van der Waals surface area contributed by atoms with Crippen molar-refractivity contribution in [3.8, 4) is 0 Å². The molecule has 0 fully saturated rings. The Bertz CT molecular complexity index is 1320. The van der Waals surface area contributed by atoms with E-state index in [1.54, 1.807) is 40.5 Å². The molecule has 7 nitrogen and oxygen atoms in total. The zero-order valence-electron chi connectivity index (χ0n) is 16.9. The van der Waals surface area contributed by atoms with Crippen LogP contribution in [0.25, 0.3) is 5.78 Å². The zero-order valence-corrected chi connectivity index (χ0v) is 19.3. The Labute approximate surface area is 189 Å². The molecule has 0 saturated heterocycles. The van der Waals surface area contributed by atoms with Crippen LogP contribution in [-0.2, 0) is 16.4 Å². The van der Waals surface area contributed by atoms with E-state index in [0.29, 0.717) is 16.5 Å². The SMILES string of the molecule is CCCc1c(C)nc2ncnn2c1Sc1ccc(NS(=O)(=O)c2ccc(Cl)cc2)cc1. The third-order valence-corrected chi connectivity index (χ3v) is 7.40. The van der Waals surface area contributed by atoms with E-state index in [4.69, 9.17) is 11.6 Å². The van der Waals surface area contributed by atoms with Gasteiger partial charge in [0.25, 0.3) is 15.8 Å². The number of halogens is 1. The molecule has 10 heteroatoms. The Hall–Kier alpha value is -2.62. The number of nitrogens with one attached hydrogen (secondary N) is 1. The Kier molecular flexibility index (Phi) is 6.17. The number of aromatic nitrogens is 4. The zero-order chi connectivity index (χ0) is 22.0. The second kappa shape index (κ2) is 8.86. The lowest BCUT2D eigenvalue weighted by Gasteiger charge is -2.13. The fourth-order valence-corrected chi connectivity index (χ4v) is 5.40. The van der Waals surface area contributed by atoms with Gasteiger partial charge in [0.05, 0.1) is 4.90 Å². The van der Waals surface area contributed by atoms with Crippen LogP contribution in [0.15, 0.2) is 69.7 Å². The Morgan fingerprint density at radius 1 is 1.10 bits per heavy atom. The third kappa shape index (κ3) is 4.68. The van der Waals surface area contributed by atoms with Crippen molar-refractivity contribution in [2.45, 2.75) is 41.5 Å². The van der Waals surface area contributed by atoms with Crippen LogP contribution in [0.1, 0.15) is 24.6 Å². The number of hydrogen-bond acceptors (Lipinski definition) is 6. The van der Waals surface area contributed by atoms with Crippen molar-refractivity contribution in [1.82, 2.24) is 19.6 Å². The summed E-state index contributed by atoms with van der Waals surface area (Å²) in [6, 6.07) is 13.3. The molecule has 0 bridgehead atoms. The van der Waals surface area contributed by atoms with E-state index in [2.05, 4.69) is 26.7 Å². The van der Waals surface area contributed by atoms with Gasteiger partial charge in [-0.15, -0.1) is 0 Å². The van der Waals surface area contributed by atoms with Gasteiger partial charge in [0, 0.05) is 26.9 Å². The molecular formula is C21H20ClN5O2S2. The van der Waals surface area contributed by atoms with E-state index in [1.807, 2.05) is 19.1 Å². The van der Waals surface area contributed by atoms with Gasteiger partial charge < -0.3 is 0 Å². The number of hydrogen-bond donors (Lipinski definition) is 1. The van der Waals surface area contributed by atoms with Gasteiger partial charge in [0.1, 0.15) is 11.4 Å². The van der Waals surface area contributed by atoms with Crippen LogP contribution in [-0.4, -0.2) is 28.0 Å². The van der Waals surface area contributed by atoms with Gasteiger partial charge in [0.2, 0.25) is 0 Å². The normalized spacial score (nSPS) is 11.7. The molecule has 0 atom stereocenters. The summed E-state index contributed by atoms with van der Waals surface area (Å²) in [5.41, 5.74) is 2.56. The van der Waals surface area contributed by atoms with E-state index < -0.39 is 10.0 Å². The predicted octanol–water partition coefficient (Wildman–Crippen LogP) is 4.99. The monoisotopic (exact) mass is 473 g/mol. The van der Waals surface area contributed by atoms with Gasteiger partial charge in [-0.05, 0) is 61.9 Å². The van der Waals surface area contributed by atoms with Crippen molar-refractivity contribution in [2.24, 2.45) is 0 Å². The minimum Gasteiger partial charge on any atom is -0.280 e. The van der Waals surface area contributed by atoms with E-state index in [9.17, 15) is 8.42 Å². The molecule has 160 valence electrons. The summed E-state index contributed by atoms with van der Waals surface area (Å²) in [6.45, 7) is 4.11. The van der Waals surface area contributed by atoms with Gasteiger partial charge in [-0.1, -0.05) is 36.7 Å². The highest BCUT2D eigenvalue weighted by atomic mass is 35.5. The van der Waals surface area contributed by atoms with Crippen LogP contribution in [0.5, 0.6) is 0 Å². The summed E-state index contributed by atoms with van der Waals surface area (Å²) in [7, 11) is -3.69. The molecule has 0 aliphatic heterocycles. The van der Waals surface area contributed by atoms with Crippen molar-refractivity contribution >= 4 is 44.9 Å². The van der Waals surface area contributed by atoms with E-state index >= 15 is 0 Å². The van der Waals surface area contributed by atoms with Gasteiger partial charge in [0.15, 0.2) is 0 Å². The van der Waals surface area contributed by atoms with Gasteiger partial charge >= 0.3 is 0 Å². The third-order valence-electron chi connectivity index (χ3n) is 4.63. The van der Waals surface area contributed by atoms with Crippen LogP contribution in [0.4, 0.5) is 5.69 Å². The standard InChI is InChI=1S/C21H20ClN5O2S2/c1-3-4-19-14(2)25-21-23-13-24-27(21)20(19)30-17-9-7-16(8-10-17)26-31(28,29)18-11-5-15(22)6-12-18/h5-13,26H,3-4H2,1-2H3. The van der Waals surface area contributed by atoms with Crippen LogP contribution >= 0.6 is 23.4 Å². The number of nitrogens with zero attached hydrogens (tertiary/aromatic N) is 4. The first kappa shape index (κ1) is 21.6. The summed E-state index contributed by atoms with van der Waals surface area (Å²) in [5, 5.41) is 5.78. The fourth-order valence-electron chi connectivity index (χ4n) is 3.13. The largest absolute Gasteiger partial charge is 0.280 e. The lowest BCUT2D eigenvalue weighted by molar-refractivity contribution is 0.601. The fraction of sp³-hybridized carbons (Fsp3) is 0.190. The number of sulfonamides is 1. The summed E-state index contributed by atoms with van der Waals surface area (Å²) in [6.07, 6.45) is 3.37. The van der Waals surface area contributed by atoms with Crippen LogP contribution in [0.2, 0.25) is 5.02 Å². The van der Waals surface area contributed by atoms with Gasteiger partial charge in [-0.2, -0.15) is 14.6 Å². The first-order valence-electron chi connectivity index (χ1n) is 9.63. The molecule has 0 saturated carbocycles. The van der Waals surface area contributed by atoms with E-state index in [1.165, 1.54) is 18.5 Å². The highest BCUT2D eigenvalue weighted by molar-refractivity contribution is 7.99. The van der Waals surface area contributed by atoms with Crippen molar-refractivity contribution in [2.75, 3.05) is 4.72 Å². The molecule has 0 amide bonds. The van der Waals surface area contributed by atoms with Crippen LogP contribution < -0.4 is 4.72 Å². The molecule has 2 aromatic carbocycles. The predicted molar refractivity (Wildman–Crippen MR) is 122 cm³/mol. The summed E-state index contributed by atoms with van der Waals surface area (Å²) >= 11 is 7.40. The maximum absolute atomic E-state index is 12.6. The molecule has 1 N–H and O–H groups in total. The molecule has 2 heterocycles. The average molecular weight is 474 g/mol. The molecule has 0 radical (unpaired) electrons. The van der Waals surface area contributed by atoms with Gasteiger partial charge in [-0.3, -0.25) is 4.72 Å². The quantitative estimate of drug-likeness (QED) is 0.380. The van der Waals surface area contributed by atoms with Gasteiger partial charge in [-0.25, -0.2) is 13.4 Å². The average Bonchev–Trinajstić information content (AvgIpc) is 3.20. The summed E-state index contributed by atoms with van der Waals surface area (Å²) in [4.78, 5) is 9.86. The highest BCUT2D eigenvalue weighted by Gasteiger charge is 2.16. The number of rotatable bonds is 7. The topological polar surface area (TPSA) is 89.2 Å². The Balaban J connectivity index is 1.59. The lowest BCUT2D eigenvalue weighted by Crippen LogP contribution is -2.12. The summed E-state index contributed by atoms with van der Waals surface area (Å²) in [5.74, 6) is 0.562. The maximum atomic E-state index is 12.6. The first-order chi connectivity index (χ1) is 14.9. The van der Waals surface area contributed by atoms with Crippen molar-refractivity contribution in [3.63, 3.8) is 0 Å². The first-order valence-corrected chi connectivity index (χ1v) is 12.3. The molecule has 31 heavy (non-hydrogen) atoms. The van der Waals surface area contributed by atoms with Crippen molar-refractivity contribution in [3.05, 3.63) is 71.1 Å². The smallest absolute Gasteiger partial charge is 0.261 e. The minimum absolute atomic E-state index is 0.153. The molecule has 2 aromatic heterocycles. The lowest BCUT2D eigenvalue weighted by atomic mass is 10.1. The van der Waals surface area contributed by atoms with E-state index in [-0.39, 0.29) is 4.90 Å². The maximum Gasteiger partial charge on any atom is 0.261 e. The number of benzene rings is 2. The van der Waals surface area contributed by atoms with Crippen LogP contribution in [0.3, 0.4) is 0 Å². The molecule has 0 unspecified atom stereocenters. The minimum atomic E-state index is -3.69. The number of anilines is 1. The Morgan fingerprint density at radius 3 is 2.48 bits per heavy atom. The second-order valence-corrected chi connectivity index (χ2v) is 10.1. The Morgan fingerprint density at radius 2 is 1.81 bits per heavy atom. The molecule has 4 aromatic rings. The number of fused-ring (bicyclic) bond motifs is 1. The van der Waals surface area contributed by atoms with Crippen molar-refractivity contribution < 1.29 is 8.42 Å². The number of aryl methyl sites for hydroxylation is 1. The molecule has 0 spiro atoms. The summed E-state index contributed by atoms with van der Waals surface area (Å²) < 4.78 is 29.5. The second-order valence-electron chi connectivity index (χ2n) is 6.89. The molecular weight excluding hydrogens is 454 g/mol. The highest BCUT2D eigenvalue weighted by Crippen LogP contribution is 2.33. The molecule has 0 aliphatic carbocycles. The van der Waals surface area contributed by atoms with Crippen molar-refractivity contribution in [1.29, 1.82) is 0 Å². The van der Waals surface area contributed by atoms with Crippen LogP contribution in [0, 0.1) is 6.92 Å². The molecule has 4 rings (SSSR count). The molecule has 0 aliphatic rings.